The second kappa shape index (κ2) is 11.2. The molecule has 2 aliphatic rings. The first-order valence-electron chi connectivity index (χ1n) is 13.6. The normalized spacial score (nSPS) is 22.4. The fourth-order valence-electron chi connectivity index (χ4n) is 5.30. The van der Waals surface area contributed by atoms with E-state index in [2.05, 4.69) is 15.7 Å². The van der Waals surface area contributed by atoms with Gasteiger partial charge in [-0.3, -0.25) is 4.79 Å². The number of methoxy groups -OCH3 is 1. The summed E-state index contributed by atoms with van der Waals surface area (Å²) in [5, 5.41) is 21.8. The Hall–Kier alpha value is -3.37. The van der Waals surface area contributed by atoms with Crippen LogP contribution in [0.3, 0.4) is 0 Å². The lowest BCUT2D eigenvalue weighted by molar-refractivity contribution is 0.0196. The van der Waals surface area contributed by atoms with Gasteiger partial charge in [0.15, 0.2) is 5.82 Å². The van der Waals surface area contributed by atoms with E-state index in [1.807, 2.05) is 49.2 Å². The molecule has 5 rings (SSSR count). The summed E-state index contributed by atoms with van der Waals surface area (Å²) in [6, 6.07) is 9.60. The van der Waals surface area contributed by atoms with E-state index in [1.165, 1.54) is 0 Å². The van der Waals surface area contributed by atoms with E-state index < -0.39 is 5.60 Å². The van der Waals surface area contributed by atoms with Crippen molar-refractivity contribution in [3.05, 3.63) is 42.1 Å². The topological polar surface area (TPSA) is 113 Å². The zero-order chi connectivity index (χ0) is 26.7. The van der Waals surface area contributed by atoms with Crippen LogP contribution in [0.2, 0.25) is 0 Å². The maximum Gasteiger partial charge on any atom is 0.253 e. The molecule has 1 saturated heterocycles. The van der Waals surface area contributed by atoms with Crippen LogP contribution in [-0.2, 0) is 4.74 Å². The number of anilines is 3. The van der Waals surface area contributed by atoms with Gasteiger partial charge in [0.2, 0.25) is 5.95 Å². The minimum Gasteiger partial charge on any atom is -0.492 e. The van der Waals surface area contributed by atoms with Crippen LogP contribution in [-0.4, -0.2) is 75.1 Å². The van der Waals surface area contributed by atoms with Crippen molar-refractivity contribution in [2.24, 2.45) is 0 Å². The fraction of sp³-hybridized carbons (Fsp3) is 0.536. The fourth-order valence-corrected chi connectivity index (χ4v) is 5.30. The maximum absolute atomic E-state index is 13.2. The molecule has 0 spiro atoms. The van der Waals surface area contributed by atoms with Crippen molar-refractivity contribution in [2.75, 3.05) is 37.4 Å². The number of amides is 1. The minimum atomic E-state index is -0.593. The smallest absolute Gasteiger partial charge is 0.253 e. The molecule has 0 bridgehead atoms. The summed E-state index contributed by atoms with van der Waals surface area (Å²) >= 11 is 0. The number of benzene rings is 1. The van der Waals surface area contributed by atoms with Gasteiger partial charge >= 0.3 is 0 Å². The molecule has 2 aromatic heterocycles. The summed E-state index contributed by atoms with van der Waals surface area (Å²) < 4.78 is 13.1. The van der Waals surface area contributed by atoms with Gasteiger partial charge in [0.1, 0.15) is 11.3 Å². The second-order valence-corrected chi connectivity index (χ2v) is 10.5. The van der Waals surface area contributed by atoms with E-state index in [9.17, 15) is 9.90 Å². The molecule has 1 aromatic carbocycles. The Bertz CT molecular complexity index is 1260. The Morgan fingerprint density at radius 3 is 2.66 bits per heavy atom. The first-order valence-corrected chi connectivity index (χ1v) is 13.6. The highest BCUT2D eigenvalue weighted by Gasteiger charge is 2.29. The van der Waals surface area contributed by atoms with Crippen LogP contribution in [0.25, 0.3) is 5.52 Å². The summed E-state index contributed by atoms with van der Waals surface area (Å²) in [5.74, 6) is 1.73. The molecular weight excluding hydrogens is 484 g/mol. The van der Waals surface area contributed by atoms with E-state index in [0.717, 1.165) is 49.9 Å². The Morgan fingerprint density at radius 1 is 1.18 bits per heavy atom. The van der Waals surface area contributed by atoms with E-state index >= 15 is 0 Å². The number of hydrogen-bond donors (Lipinski definition) is 3. The molecule has 10 heteroatoms. The van der Waals surface area contributed by atoms with Crippen molar-refractivity contribution in [3.8, 4) is 5.75 Å². The number of ether oxygens (including phenoxy) is 2. The molecular formula is C28H38N6O4. The van der Waals surface area contributed by atoms with Crippen molar-refractivity contribution in [2.45, 2.75) is 70.1 Å². The van der Waals surface area contributed by atoms with Crippen LogP contribution in [0.1, 0.15) is 62.7 Å². The lowest BCUT2D eigenvalue weighted by Crippen LogP contribution is -2.40. The van der Waals surface area contributed by atoms with E-state index in [-0.39, 0.29) is 18.1 Å². The average molecular weight is 523 g/mol. The molecule has 10 nitrogen and oxygen atoms in total. The van der Waals surface area contributed by atoms with Crippen molar-refractivity contribution >= 4 is 28.9 Å². The molecule has 1 aliphatic carbocycles. The first-order chi connectivity index (χ1) is 18.3. The number of carbonyl (C=O) groups excluding carboxylic acids is 1. The highest BCUT2D eigenvalue weighted by molar-refractivity contribution is 5.95. The monoisotopic (exact) mass is 522 g/mol. The summed E-state index contributed by atoms with van der Waals surface area (Å²) in [5.41, 5.74) is 1.57. The number of nitrogens with one attached hydrogen (secondary N) is 2. The summed E-state index contributed by atoms with van der Waals surface area (Å²) in [6.07, 6.45) is 7.05. The first kappa shape index (κ1) is 26.2. The minimum absolute atomic E-state index is 0.00462. The van der Waals surface area contributed by atoms with Crippen LogP contribution >= 0.6 is 0 Å². The Balaban J connectivity index is 1.35. The number of aromatic nitrogens is 3. The molecule has 0 unspecified atom stereocenters. The predicted octanol–water partition coefficient (Wildman–Crippen LogP) is 4.23. The van der Waals surface area contributed by atoms with E-state index in [1.54, 1.807) is 17.7 Å². The second-order valence-electron chi connectivity index (χ2n) is 10.5. The number of carbonyl (C=O) groups is 1. The van der Waals surface area contributed by atoms with Gasteiger partial charge in [-0.1, -0.05) is 0 Å². The van der Waals surface area contributed by atoms with Gasteiger partial charge in [0.05, 0.1) is 24.0 Å². The zero-order valence-electron chi connectivity index (χ0n) is 22.4. The van der Waals surface area contributed by atoms with Crippen molar-refractivity contribution < 1.29 is 19.4 Å². The molecule has 1 aliphatic heterocycles. The highest BCUT2D eigenvalue weighted by atomic mass is 16.5. The molecule has 1 amide bonds. The third-order valence-corrected chi connectivity index (χ3v) is 7.63. The van der Waals surface area contributed by atoms with Crippen LogP contribution in [0.5, 0.6) is 5.75 Å². The van der Waals surface area contributed by atoms with Gasteiger partial charge in [-0.15, -0.1) is 5.10 Å². The summed E-state index contributed by atoms with van der Waals surface area (Å²) in [6.45, 7) is 5.64. The number of piperidine rings is 1. The van der Waals surface area contributed by atoms with Gasteiger partial charge in [-0.2, -0.15) is 4.98 Å². The largest absolute Gasteiger partial charge is 0.492 e. The van der Waals surface area contributed by atoms with Crippen LogP contribution in [0, 0.1) is 0 Å². The molecule has 3 N–H and O–H groups in total. The van der Waals surface area contributed by atoms with Gasteiger partial charge in [-0.25, -0.2) is 4.52 Å². The Kier molecular flexibility index (Phi) is 7.71. The molecule has 3 heterocycles. The standard InChI is InChI=1S/C28H38N6O4/c1-4-38-24-18-19(26(35)33-16-11-21(37-3)12-17-33)7-8-22(24)30-27-31-25(23-6-5-15-34(23)32-27)29-20-9-13-28(2,36)14-10-20/h5-8,15,18,20-21,36H,4,9-14,16-17H2,1-3H3,(H2,29,30,31,32)/t20-,28-. The number of fused-ring (bicyclic) bond motifs is 1. The van der Waals surface area contributed by atoms with Crippen molar-refractivity contribution in [1.29, 1.82) is 0 Å². The SMILES string of the molecule is CCOc1cc(C(=O)N2CCC(OC)CC2)ccc1Nc1nc(N[C@H]2CC[C@](C)(O)CC2)c2cccn2n1. The number of likely N-dealkylation sites (tertiary alicyclic amines) is 1. The molecule has 38 heavy (non-hydrogen) atoms. The lowest BCUT2D eigenvalue weighted by Gasteiger charge is -2.33. The molecule has 0 atom stereocenters. The van der Waals surface area contributed by atoms with Gasteiger partial charge in [0.25, 0.3) is 5.91 Å². The number of aliphatic hydroxyl groups is 1. The van der Waals surface area contributed by atoms with Crippen LogP contribution < -0.4 is 15.4 Å². The van der Waals surface area contributed by atoms with Gasteiger partial charge < -0.3 is 30.1 Å². The number of nitrogens with zero attached hydrogens (tertiary/aromatic N) is 4. The molecule has 1 saturated carbocycles. The highest BCUT2D eigenvalue weighted by Crippen LogP contribution is 2.32. The van der Waals surface area contributed by atoms with Gasteiger partial charge in [-0.05, 0) is 82.7 Å². The van der Waals surface area contributed by atoms with E-state index in [0.29, 0.717) is 42.6 Å². The quantitative estimate of drug-likeness (QED) is 0.403. The molecule has 0 radical (unpaired) electrons. The third-order valence-electron chi connectivity index (χ3n) is 7.63. The molecule has 204 valence electrons. The van der Waals surface area contributed by atoms with Crippen LogP contribution in [0.15, 0.2) is 36.5 Å². The maximum atomic E-state index is 13.2. The molecule has 2 fully saturated rings. The summed E-state index contributed by atoms with van der Waals surface area (Å²) in [4.78, 5) is 19.8. The van der Waals surface area contributed by atoms with Crippen molar-refractivity contribution in [3.63, 3.8) is 0 Å². The zero-order valence-corrected chi connectivity index (χ0v) is 22.4. The van der Waals surface area contributed by atoms with Gasteiger partial charge in [0, 0.05) is 38.0 Å². The van der Waals surface area contributed by atoms with E-state index in [4.69, 9.17) is 14.5 Å². The Labute approximate surface area is 223 Å². The predicted molar refractivity (Wildman–Crippen MR) is 146 cm³/mol. The van der Waals surface area contributed by atoms with Crippen LogP contribution in [0.4, 0.5) is 17.5 Å². The number of hydrogen-bond acceptors (Lipinski definition) is 8. The average Bonchev–Trinajstić information content (AvgIpc) is 3.40. The van der Waals surface area contributed by atoms with Crippen molar-refractivity contribution in [1.82, 2.24) is 19.5 Å². The number of rotatable bonds is 8. The molecule has 3 aromatic rings. The summed E-state index contributed by atoms with van der Waals surface area (Å²) in [7, 11) is 1.72. The third kappa shape index (κ3) is 5.86. The lowest BCUT2D eigenvalue weighted by atomic mass is 9.84. The Morgan fingerprint density at radius 2 is 1.95 bits per heavy atom.